The number of nitrogens with one attached hydrogen (secondary N) is 1. The number of hydrogen-bond acceptors (Lipinski definition) is 3. The van der Waals surface area contributed by atoms with E-state index in [1.54, 1.807) is 4.90 Å². The zero-order valence-electron chi connectivity index (χ0n) is 11.8. The molecule has 0 saturated carbocycles. The minimum Gasteiger partial charge on any atom is -0.480 e. The minimum absolute atomic E-state index is 0.0312. The predicted octanol–water partition coefficient (Wildman–Crippen LogP) is 0.254. The molecule has 0 spiro atoms. The van der Waals surface area contributed by atoms with E-state index in [1.807, 2.05) is 13.8 Å². The molecule has 2 aliphatic rings. The van der Waals surface area contributed by atoms with E-state index in [2.05, 4.69) is 5.32 Å². The van der Waals surface area contributed by atoms with Gasteiger partial charge in [0.05, 0.1) is 0 Å². The van der Waals surface area contributed by atoms with Crippen molar-refractivity contribution >= 4 is 17.9 Å². The maximum absolute atomic E-state index is 12.6. The van der Waals surface area contributed by atoms with E-state index in [4.69, 9.17) is 0 Å². The van der Waals surface area contributed by atoms with Gasteiger partial charge in [-0.05, 0) is 33.1 Å². The second-order valence-corrected chi connectivity index (χ2v) is 5.60. The fraction of sp³-hybridized carbons (Fsp3) is 0.769. The van der Waals surface area contributed by atoms with Crippen molar-refractivity contribution in [1.82, 2.24) is 15.1 Å². The van der Waals surface area contributed by atoms with Gasteiger partial charge in [0.2, 0.25) is 5.91 Å². The van der Waals surface area contributed by atoms with Gasteiger partial charge in [0.1, 0.15) is 12.6 Å². The number of hydrogen-bond donors (Lipinski definition) is 2. The number of nitrogens with zero attached hydrogens (tertiary/aromatic N) is 2. The molecular weight excluding hydrogens is 262 g/mol. The van der Waals surface area contributed by atoms with E-state index in [0.717, 1.165) is 19.3 Å². The lowest BCUT2D eigenvalue weighted by Gasteiger charge is -2.44. The van der Waals surface area contributed by atoms with E-state index in [1.165, 1.54) is 4.90 Å². The highest BCUT2D eigenvalue weighted by atomic mass is 16.4. The average Bonchev–Trinajstić information content (AvgIpc) is 2.37. The average molecular weight is 283 g/mol. The van der Waals surface area contributed by atoms with Crippen LogP contribution in [-0.2, 0) is 9.59 Å². The summed E-state index contributed by atoms with van der Waals surface area (Å²) in [4.78, 5) is 38.3. The molecule has 1 unspecified atom stereocenters. The third-order valence-corrected chi connectivity index (χ3v) is 4.13. The second kappa shape index (κ2) is 5.68. The number of piperidine rings is 1. The van der Waals surface area contributed by atoms with E-state index in [9.17, 15) is 19.5 Å². The fourth-order valence-corrected chi connectivity index (χ4v) is 3.01. The van der Waals surface area contributed by atoms with Gasteiger partial charge in [-0.15, -0.1) is 0 Å². The van der Waals surface area contributed by atoms with E-state index >= 15 is 0 Å². The van der Waals surface area contributed by atoms with Crippen LogP contribution < -0.4 is 5.32 Å². The third-order valence-electron chi connectivity index (χ3n) is 4.13. The van der Waals surface area contributed by atoms with Gasteiger partial charge in [0.15, 0.2) is 0 Å². The molecule has 20 heavy (non-hydrogen) atoms. The summed E-state index contributed by atoms with van der Waals surface area (Å²) in [5.74, 6) is -1.40. The Labute approximate surface area is 117 Å². The molecule has 0 aliphatic carbocycles. The SMILES string of the molecule is C[C@@H]1CCC[C@H](C)N1C(=O)N1CC(=O)NCC1C(=O)O. The first-order valence-corrected chi connectivity index (χ1v) is 7.00. The predicted molar refractivity (Wildman–Crippen MR) is 71.1 cm³/mol. The molecule has 2 saturated heterocycles. The van der Waals surface area contributed by atoms with Crippen molar-refractivity contribution in [3.63, 3.8) is 0 Å². The molecule has 7 nitrogen and oxygen atoms in total. The van der Waals surface area contributed by atoms with E-state index in [0.29, 0.717) is 0 Å². The van der Waals surface area contributed by atoms with Crippen LogP contribution in [-0.4, -0.2) is 64.0 Å². The van der Waals surface area contributed by atoms with Crippen LogP contribution in [0.1, 0.15) is 33.1 Å². The number of urea groups is 1. The normalized spacial score (nSPS) is 30.9. The van der Waals surface area contributed by atoms with Gasteiger partial charge in [-0.3, -0.25) is 9.69 Å². The Morgan fingerprint density at radius 3 is 2.40 bits per heavy atom. The van der Waals surface area contributed by atoms with Crippen LogP contribution in [0.5, 0.6) is 0 Å². The lowest BCUT2D eigenvalue weighted by atomic mass is 9.98. The Morgan fingerprint density at radius 1 is 1.25 bits per heavy atom. The summed E-state index contributed by atoms with van der Waals surface area (Å²) in [5.41, 5.74) is 0. The van der Waals surface area contributed by atoms with Crippen molar-refractivity contribution in [3.8, 4) is 0 Å². The summed E-state index contributed by atoms with van der Waals surface area (Å²) in [5, 5.41) is 11.7. The highest BCUT2D eigenvalue weighted by Gasteiger charge is 2.40. The zero-order valence-corrected chi connectivity index (χ0v) is 11.8. The second-order valence-electron chi connectivity index (χ2n) is 5.60. The molecule has 2 aliphatic heterocycles. The number of piperazine rings is 1. The van der Waals surface area contributed by atoms with Crippen LogP contribution in [0.3, 0.4) is 0 Å². The Kier molecular flexibility index (Phi) is 4.15. The molecule has 0 aromatic heterocycles. The Hall–Kier alpha value is -1.79. The van der Waals surface area contributed by atoms with Crippen molar-refractivity contribution in [3.05, 3.63) is 0 Å². The van der Waals surface area contributed by atoms with Crippen molar-refractivity contribution < 1.29 is 19.5 Å². The molecule has 2 rings (SSSR count). The van der Waals surface area contributed by atoms with E-state index < -0.39 is 12.0 Å². The van der Waals surface area contributed by atoms with Crippen molar-refractivity contribution in [1.29, 1.82) is 0 Å². The maximum atomic E-state index is 12.6. The van der Waals surface area contributed by atoms with Crippen molar-refractivity contribution in [2.75, 3.05) is 13.1 Å². The highest BCUT2D eigenvalue weighted by molar-refractivity contribution is 5.90. The molecule has 2 N–H and O–H groups in total. The number of aliphatic carboxylic acids is 1. The van der Waals surface area contributed by atoms with Crippen LogP contribution in [0.4, 0.5) is 4.79 Å². The first-order valence-electron chi connectivity index (χ1n) is 7.00. The van der Waals surface area contributed by atoms with Crippen LogP contribution in [0.2, 0.25) is 0 Å². The van der Waals surface area contributed by atoms with Gasteiger partial charge >= 0.3 is 12.0 Å². The lowest BCUT2D eigenvalue weighted by molar-refractivity contribution is -0.144. The number of carbonyl (C=O) groups excluding carboxylic acids is 2. The largest absolute Gasteiger partial charge is 0.480 e. The fourth-order valence-electron chi connectivity index (χ4n) is 3.01. The number of likely N-dealkylation sites (tertiary alicyclic amines) is 1. The zero-order chi connectivity index (χ0) is 14.9. The molecule has 7 heteroatoms. The molecule has 0 aromatic rings. The molecular formula is C13H21N3O4. The summed E-state index contributed by atoms with van der Waals surface area (Å²) in [6.07, 6.45) is 2.89. The molecule has 0 radical (unpaired) electrons. The topological polar surface area (TPSA) is 90.0 Å². The smallest absolute Gasteiger partial charge is 0.328 e. The van der Waals surface area contributed by atoms with Gasteiger partial charge in [-0.25, -0.2) is 9.59 Å². The van der Waals surface area contributed by atoms with E-state index in [-0.39, 0.29) is 37.1 Å². The summed E-state index contributed by atoms with van der Waals surface area (Å²) >= 11 is 0. The number of carboxylic acids is 1. The first-order chi connectivity index (χ1) is 9.41. The van der Waals surface area contributed by atoms with Crippen molar-refractivity contribution in [2.24, 2.45) is 0 Å². The molecule has 2 fully saturated rings. The number of rotatable bonds is 1. The number of carboxylic acid groups (broad SMARTS) is 1. The summed E-state index contributed by atoms with van der Waals surface area (Å²) in [6, 6.07) is -1.18. The van der Waals surface area contributed by atoms with Gasteiger partial charge in [0.25, 0.3) is 0 Å². The quantitative estimate of drug-likeness (QED) is 0.722. The van der Waals surface area contributed by atoms with Crippen molar-refractivity contribution in [2.45, 2.75) is 51.2 Å². The molecule has 112 valence electrons. The van der Waals surface area contributed by atoms with Crippen LogP contribution in [0.25, 0.3) is 0 Å². The van der Waals surface area contributed by atoms with Gasteiger partial charge in [0, 0.05) is 18.6 Å². The number of amides is 3. The molecule has 3 amide bonds. The molecule has 2 heterocycles. The standard InChI is InChI=1S/C13H21N3O4/c1-8-4-3-5-9(2)16(8)13(20)15-7-11(17)14-6-10(15)12(18)19/h8-10H,3-7H2,1-2H3,(H,14,17)(H,18,19)/t8-,9+,10?. The summed E-state index contributed by atoms with van der Waals surface area (Å²) < 4.78 is 0. The first kappa shape index (κ1) is 14.6. The monoisotopic (exact) mass is 283 g/mol. The Morgan fingerprint density at radius 2 is 1.85 bits per heavy atom. The minimum atomic E-state index is -1.09. The molecule has 0 bridgehead atoms. The summed E-state index contributed by atoms with van der Waals surface area (Å²) in [7, 11) is 0. The van der Waals surface area contributed by atoms with Gasteiger partial charge < -0.3 is 15.3 Å². The van der Waals surface area contributed by atoms with Crippen LogP contribution in [0.15, 0.2) is 0 Å². The third kappa shape index (κ3) is 2.71. The molecule has 0 aromatic carbocycles. The maximum Gasteiger partial charge on any atom is 0.328 e. The van der Waals surface area contributed by atoms with Crippen LogP contribution >= 0.6 is 0 Å². The Balaban J connectivity index is 2.19. The Bertz CT molecular complexity index is 416. The van der Waals surface area contributed by atoms with Gasteiger partial charge in [-0.2, -0.15) is 0 Å². The van der Waals surface area contributed by atoms with Crippen LogP contribution in [0, 0.1) is 0 Å². The number of carbonyl (C=O) groups is 3. The summed E-state index contributed by atoms with van der Waals surface area (Å²) in [6.45, 7) is 3.71. The lowest BCUT2D eigenvalue weighted by Crippen LogP contribution is -2.64. The van der Waals surface area contributed by atoms with Gasteiger partial charge in [-0.1, -0.05) is 0 Å². The molecule has 3 atom stereocenters. The highest BCUT2D eigenvalue weighted by Crippen LogP contribution is 2.24.